The van der Waals surface area contributed by atoms with Crippen LogP contribution in [0, 0.1) is 37.5 Å². The van der Waals surface area contributed by atoms with E-state index in [1.54, 1.807) is 26.9 Å². The molecule has 0 aliphatic carbocycles. The number of fused-ring (bicyclic) bond motifs is 1. The van der Waals surface area contributed by atoms with Gasteiger partial charge in [-0.15, -0.1) is 13.2 Å². The number of carbonyl (C=O) groups excluding carboxylic acids is 3. The minimum atomic E-state index is -1.25. The lowest BCUT2D eigenvalue weighted by Crippen LogP contribution is -2.60. The summed E-state index contributed by atoms with van der Waals surface area (Å²) in [4.78, 5) is 49.9. The van der Waals surface area contributed by atoms with Gasteiger partial charge >= 0.3 is 0 Å². The summed E-state index contributed by atoms with van der Waals surface area (Å²) in [6, 6.07) is 13.7. The summed E-state index contributed by atoms with van der Waals surface area (Å²) < 4.78 is 7.05. The van der Waals surface area contributed by atoms with E-state index in [-0.39, 0.29) is 49.3 Å². The average molecular weight is 628 g/mol. The molecule has 46 heavy (non-hydrogen) atoms. The van der Waals surface area contributed by atoms with Crippen LogP contribution in [-0.2, 0) is 19.1 Å². The lowest BCUT2D eigenvalue weighted by Gasteiger charge is -2.41. The zero-order chi connectivity index (χ0) is 33.6. The molecule has 2 aromatic carbocycles. The Morgan fingerprint density at radius 2 is 1.74 bits per heavy atom. The Kier molecular flexibility index (Phi) is 9.35. The predicted molar refractivity (Wildman–Crippen MR) is 181 cm³/mol. The summed E-state index contributed by atoms with van der Waals surface area (Å²) in [6.45, 7) is 19.9. The largest absolute Gasteiger partial charge is 0.394 e. The van der Waals surface area contributed by atoms with E-state index >= 15 is 4.79 Å². The third kappa shape index (κ3) is 5.10. The van der Waals surface area contributed by atoms with Crippen molar-refractivity contribution in [1.82, 2.24) is 4.90 Å². The van der Waals surface area contributed by atoms with E-state index in [1.165, 1.54) is 0 Å². The van der Waals surface area contributed by atoms with Gasteiger partial charge in [0.1, 0.15) is 11.6 Å². The number of rotatable bonds is 12. The highest BCUT2D eigenvalue weighted by atomic mass is 16.5. The SMILES string of the molecule is C=CCN(C(=O)[C@H]1[C@H]2C(=O)N([C@@H](CO)[C@@H](C)CC)C(C(=O)N(CC=C)c3cc(C)ccc3C)C23CC(C)[C@]1(C)O3)c1ccccc1. The Labute approximate surface area is 273 Å². The van der Waals surface area contributed by atoms with Crippen LogP contribution in [0.1, 0.15) is 51.7 Å². The van der Waals surface area contributed by atoms with Crippen molar-refractivity contribution in [3.8, 4) is 0 Å². The van der Waals surface area contributed by atoms with Crippen molar-refractivity contribution in [2.75, 3.05) is 29.5 Å². The Morgan fingerprint density at radius 3 is 2.35 bits per heavy atom. The molecule has 0 aromatic heterocycles. The molecule has 3 aliphatic rings. The molecule has 0 saturated carbocycles. The monoisotopic (exact) mass is 627 g/mol. The van der Waals surface area contributed by atoms with E-state index in [0.717, 1.165) is 16.8 Å². The minimum absolute atomic E-state index is 0.103. The fourth-order valence-corrected chi connectivity index (χ4v) is 8.33. The molecule has 5 rings (SSSR count). The molecule has 3 unspecified atom stereocenters. The molecule has 3 fully saturated rings. The van der Waals surface area contributed by atoms with Gasteiger partial charge in [-0.1, -0.05) is 69.7 Å². The molecule has 0 radical (unpaired) electrons. The highest BCUT2D eigenvalue weighted by Gasteiger charge is 2.80. The molecule has 3 heterocycles. The van der Waals surface area contributed by atoms with E-state index in [4.69, 9.17) is 4.74 Å². The van der Waals surface area contributed by atoms with E-state index in [1.807, 2.05) is 90.1 Å². The average Bonchev–Trinajstić information content (AvgIpc) is 3.56. The zero-order valence-corrected chi connectivity index (χ0v) is 28.1. The second-order valence-corrected chi connectivity index (χ2v) is 13.7. The molecule has 3 aliphatic heterocycles. The Balaban J connectivity index is 1.70. The van der Waals surface area contributed by atoms with E-state index in [2.05, 4.69) is 13.2 Å². The van der Waals surface area contributed by atoms with Crippen molar-refractivity contribution in [3.05, 3.63) is 85.0 Å². The second-order valence-electron chi connectivity index (χ2n) is 13.7. The molecule has 3 saturated heterocycles. The first-order valence-corrected chi connectivity index (χ1v) is 16.5. The van der Waals surface area contributed by atoms with Crippen LogP contribution in [-0.4, -0.2) is 70.7 Å². The maximum atomic E-state index is 15.2. The first-order chi connectivity index (χ1) is 21.9. The molecule has 1 N–H and O–H groups in total. The third-order valence-electron chi connectivity index (χ3n) is 11.0. The summed E-state index contributed by atoms with van der Waals surface area (Å²) in [5.74, 6) is -2.78. The lowest BCUT2D eigenvalue weighted by atomic mass is 9.62. The van der Waals surface area contributed by atoms with Gasteiger partial charge in [0.2, 0.25) is 11.8 Å². The topological polar surface area (TPSA) is 90.4 Å². The molecule has 1 spiro atoms. The highest BCUT2D eigenvalue weighted by Crippen LogP contribution is 2.66. The first kappa shape index (κ1) is 33.6. The minimum Gasteiger partial charge on any atom is -0.394 e. The Bertz CT molecular complexity index is 1510. The molecule has 3 amide bonds. The summed E-state index contributed by atoms with van der Waals surface area (Å²) in [6.07, 6.45) is 4.50. The van der Waals surface area contributed by atoms with Crippen LogP contribution in [0.15, 0.2) is 73.8 Å². The normalized spacial score (nSPS) is 29.3. The number of amides is 3. The number of para-hydroxylation sites is 1. The van der Waals surface area contributed by atoms with E-state index in [9.17, 15) is 14.7 Å². The van der Waals surface area contributed by atoms with Gasteiger partial charge < -0.3 is 24.5 Å². The van der Waals surface area contributed by atoms with Crippen LogP contribution in [0.25, 0.3) is 0 Å². The van der Waals surface area contributed by atoms with Crippen molar-refractivity contribution < 1.29 is 24.2 Å². The predicted octanol–water partition coefficient (Wildman–Crippen LogP) is 5.46. The molecular weight excluding hydrogens is 578 g/mol. The van der Waals surface area contributed by atoms with Crippen molar-refractivity contribution in [3.63, 3.8) is 0 Å². The van der Waals surface area contributed by atoms with Crippen molar-refractivity contribution in [2.24, 2.45) is 23.7 Å². The number of likely N-dealkylation sites (tertiary alicyclic amines) is 1. The molecule has 8 heteroatoms. The van der Waals surface area contributed by atoms with Crippen LogP contribution in [0.5, 0.6) is 0 Å². The summed E-state index contributed by atoms with van der Waals surface area (Å²) in [7, 11) is 0. The number of carbonyl (C=O) groups is 3. The Morgan fingerprint density at radius 1 is 1.09 bits per heavy atom. The number of nitrogens with zero attached hydrogens (tertiary/aromatic N) is 3. The summed E-state index contributed by atoms with van der Waals surface area (Å²) in [5.41, 5.74) is 1.12. The third-order valence-corrected chi connectivity index (χ3v) is 11.0. The van der Waals surface area contributed by atoms with Gasteiger partial charge in [-0.25, -0.2) is 0 Å². The van der Waals surface area contributed by atoms with Gasteiger partial charge in [0.15, 0.2) is 0 Å². The first-order valence-electron chi connectivity index (χ1n) is 16.5. The number of hydrogen-bond donors (Lipinski definition) is 1. The van der Waals surface area contributed by atoms with Gasteiger partial charge in [0, 0.05) is 24.5 Å². The lowest BCUT2D eigenvalue weighted by molar-refractivity contribution is -0.150. The second kappa shape index (κ2) is 12.8. The van der Waals surface area contributed by atoms with Gasteiger partial charge in [-0.3, -0.25) is 14.4 Å². The molecule has 2 bridgehead atoms. The molecule has 246 valence electrons. The van der Waals surface area contributed by atoms with Gasteiger partial charge in [-0.05, 0) is 68.4 Å². The van der Waals surface area contributed by atoms with Crippen LogP contribution >= 0.6 is 0 Å². The molecular formula is C38H49N3O5. The van der Waals surface area contributed by atoms with Gasteiger partial charge in [0.25, 0.3) is 5.91 Å². The van der Waals surface area contributed by atoms with Crippen LogP contribution < -0.4 is 9.80 Å². The summed E-state index contributed by atoms with van der Waals surface area (Å²) in [5, 5.41) is 10.8. The zero-order valence-electron chi connectivity index (χ0n) is 28.1. The maximum Gasteiger partial charge on any atom is 0.253 e. The number of benzene rings is 2. The highest BCUT2D eigenvalue weighted by molar-refractivity contribution is 6.07. The fraction of sp³-hybridized carbons (Fsp3) is 0.500. The van der Waals surface area contributed by atoms with Crippen LogP contribution in [0.4, 0.5) is 11.4 Å². The number of aryl methyl sites for hydroxylation is 2. The van der Waals surface area contributed by atoms with Crippen molar-refractivity contribution >= 4 is 29.1 Å². The van der Waals surface area contributed by atoms with Gasteiger partial charge in [0.05, 0.1) is 30.1 Å². The quantitative estimate of drug-likeness (QED) is 0.316. The number of aliphatic hydroxyl groups excluding tert-OH is 1. The van der Waals surface area contributed by atoms with Crippen LogP contribution in [0.3, 0.4) is 0 Å². The van der Waals surface area contributed by atoms with Crippen molar-refractivity contribution in [2.45, 2.75) is 77.7 Å². The Hall–Kier alpha value is -3.75. The molecule has 8 nitrogen and oxygen atoms in total. The summed E-state index contributed by atoms with van der Waals surface area (Å²) >= 11 is 0. The smallest absolute Gasteiger partial charge is 0.253 e. The fourth-order valence-electron chi connectivity index (χ4n) is 8.33. The van der Waals surface area contributed by atoms with Gasteiger partial charge in [-0.2, -0.15) is 0 Å². The van der Waals surface area contributed by atoms with E-state index in [0.29, 0.717) is 18.5 Å². The van der Waals surface area contributed by atoms with E-state index < -0.39 is 35.1 Å². The van der Waals surface area contributed by atoms with Crippen LogP contribution in [0.2, 0.25) is 0 Å². The van der Waals surface area contributed by atoms with Crippen molar-refractivity contribution in [1.29, 1.82) is 0 Å². The number of ether oxygens (including phenoxy) is 1. The standard InChI is InChI=1S/C38H49N3O5/c1-9-19-39(28-15-13-12-14-16-28)34(43)31-32-35(44)41(30(23-42)25(5)11-3)33(38(32)22-27(7)37(31,8)46-38)36(45)40(20-10-2)29-21-24(4)17-18-26(29)6/h9-10,12-18,21,25,27,30-33,42H,1-2,11,19-20,22-23H2,3-8H3/t25-,27?,30-,31+,32-,33?,37-,38?/m0/s1. The maximum absolute atomic E-state index is 15.2. The molecule has 8 atom stereocenters. The number of anilines is 2. The number of aliphatic hydroxyl groups is 1. The molecule has 2 aromatic rings. The number of hydrogen-bond acceptors (Lipinski definition) is 5.